The highest BCUT2D eigenvalue weighted by molar-refractivity contribution is 9.10. The van der Waals surface area contributed by atoms with Gasteiger partial charge in [0.05, 0.1) is 16.3 Å². The summed E-state index contributed by atoms with van der Waals surface area (Å²) in [6.07, 6.45) is -0.451. The molecule has 3 aromatic rings. The van der Waals surface area contributed by atoms with Crippen molar-refractivity contribution in [1.82, 2.24) is 4.98 Å². The molecule has 1 aromatic heterocycles. The predicted molar refractivity (Wildman–Crippen MR) is 88.5 cm³/mol. The number of aliphatic hydroxyl groups excluding tert-OH is 1. The number of fused-ring (bicyclic) bond motifs is 1. The van der Waals surface area contributed by atoms with Crippen LogP contribution >= 0.6 is 39.0 Å². The van der Waals surface area contributed by atoms with Crippen LogP contribution in [-0.2, 0) is 0 Å². The lowest BCUT2D eigenvalue weighted by atomic mass is 10.1. The van der Waals surface area contributed by atoms with Gasteiger partial charge in [-0.15, -0.1) is 11.3 Å². The van der Waals surface area contributed by atoms with E-state index in [0.29, 0.717) is 0 Å². The molecule has 1 N–H and O–H groups in total. The van der Waals surface area contributed by atoms with Crippen LogP contribution in [0.25, 0.3) is 10.2 Å². The van der Waals surface area contributed by atoms with E-state index in [4.69, 9.17) is 0 Å². The molecule has 0 aliphatic carbocycles. The lowest BCUT2D eigenvalue weighted by Gasteiger charge is -2.07. The van der Waals surface area contributed by atoms with Crippen molar-refractivity contribution >= 4 is 49.2 Å². The molecule has 0 spiro atoms. The van der Waals surface area contributed by atoms with Gasteiger partial charge in [-0.1, -0.05) is 30.0 Å². The largest absolute Gasteiger partial charge is 0.389 e. The highest BCUT2D eigenvalue weighted by atomic mass is 79.9. The van der Waals surface area contributed by atoms with E-state index in [0.717, 1.165) is 24.8 Å². The second-order valence-electron chi connectivity index (χ2n) is 4.42. The Labute approximate surface area is 134 Å². The maximum absolute atomic E-state index is 9.59. The van der Waals surface area contributed by atoms with Gasteiger partial charge in [0.15, 0.2) is 4.34 Å². The first-order chi connectivity index (χ1) is 9.63. The lowest BCUT2D eigenvalue weighted by molar-refractivity contribution is 0.199. The summed E-state index contributed by atoms with van der Waals surface area (Å²) in [5.41, 5.74) is 1.95. The number of hydrogen-bond acceptors (Lipinski definition) is 4. The maximum Gasteiger partial charge on any atom is 0.155 e. The fourth-order valence-corrected chi connectivity index (χ4v) is 4.51. The van der Waals surface area contributed by atoms with E-state index in [1.54, 1.807) is 30.0 Å². The van der Waals surface area contributed by atoms with Crippen molar-refractivity contribution in [3.05, 3.63) is 52.5 Å². The van der Waals surface area contributed by atoms with Crippen molar-refractivity contribution in [2.75, 3.05) is 0 Å². The smallest absolute Gasteiger partial charge is 0.155 e. The summed E-state index contributed by atoms with van der Waals surface area (Å²) in [5.74, 6) is 0. The minimum atomic E-state index is -0.451. The fourth-order valence-electron chi connectivity index (χ4n) is 1.85. The lowest BCUT2D eigenvalue weighted by Crippen LogP contribution is -1.90. The van der Waals surface area contributed by atoms with Gasteiger partial charge in [-0.2, -0.15) is 0 Å². The Morgan fingerprint density at radius 3 is 2.75 bits per heavy atom. The van der Waals surface area contributed by atoms with Crippen molar-refractivity contribution in [1.29, 1.82) is 0 Å². The number of aliphatic hydroxyl groups is 1. The molecule has 0 aliphatic rings. The van der Waals surface area contributed by atoms with E-state index in [-0.39, 0.29) is 0 Å². The molecule has 2 nitrogen and oxygen atoms in total. The standard InChI is InChI=1S/C15H12BrNOS2/c1-9(18)10-6-7-13(11(16)8-10)19-15-17-12-4-2-3-5-14(12)20-15/h2-9,18H,1H3/t9-/m0/s1. The number of nitrogens with zero attached hydrogens (tertiary/aromatic N) is 1. The Bertz CT molecular complexity index is 721. The summed E-state index contributed by atoms with van der Waals surface area (Å²) in [7, 11) is 0. The van der Waals surface area contributed by atoms with Crippen LogP contribution in [0.1, 0.15) is 18.6 Å². The molecule has 102 valence electrons. The third-order valence-corrected chi connectivity index (χ3v) is 6.00. The molecule has 0 unspecified atom stereocenters. The monoisotopic (exact) mass is 365 g/mol. The average Bonchev–Trinajstić information content (AvgIpc) is 2.83. The van der Waals surface area contributed by atoms with Gasteiger partial charge in [0, 0.05) is 9.37 Å². The van der Waals surface area contributed by atoms with E-state index in [2.05, 4.69) is 27.0 Å². The van der Waals surface area contributed by atoms with Gasteiger partial charge in [-0.05, 0) is 52.7 Å². The van der Waals surface area contributed by atoms with Crippen LogP contribution in [0.5, 0.6) is 0 Å². The molecule has 0 saturated carbocycles. The maximum atomic E-state index is 9.59. The number of hydrogen-bond donors (Lipinski definition) is 1. The Morgan fingerprint density at radius 1 is 1.25 bits per heavy atom. The van der Waals surface area contributed by atoms with Crippen LogP contribution in [0.2, 0.25) is 0 Å². The van der Waals surface area contributed by atoms with Gasteiger partial charge in [-0.25, -0.2) is 4.98 Å². The molecule has 0 fully saturated rings. The normalized spacial score (nSPS) is 12.8. The van der Waals surface area contributed by atoms with E-state index in [9.17, 15) is 5.11 Å². The quantitative estimate of drug-likeness (QED) is 0.686. The Morgan fingerprint density at radius 2 is 2.05 bits per heavy atom. The second-order valence-corrected chi connectivity index (χ2v) is 7.59. The Kier molecular flexibility index (Phi) is 4.12. The molecule has 3 rings (SSSR count). The van der Waals surface area contributed by atoms with Crippen LogP contribution in [0, 0.1) is 0 Å². The zero-order valence-corrected chi connectivity index (χ0v) is 13.9. The van der Waals surface area contributed by atoms with Crippen LogP contribution in [0.3, 0.4) is 0 Å². The predicted octanol–water partition coefficient (Wildman–Crippen LogP) is 5.26. The first-order valence-electron chi connectivity index (χ1n) is 6.14. The van der Waals surface area contributed by atoms with Gasteiger partial charge in [0.1, 0.15) is 0 Å². The highest BCUT2D eigenvalue weighted by Gasteiger charge is 2.09. The van der Waals surface area contributed by atoms with E-state index < -0.39 is 6.10 Å². The number of aromatic nitrogens is 1. The van der Waals surface area contributed by atoms with Crippen LogP contribution in [0.4, 0.5) is 0 Å². The summed E-state index contributed by atoms with van der Waals surface area (Å²) in [6, 6.07) is 14.1. The Hall–Kier alpha value is -0.880. The molecular weight excluding hydrogens is 354 g/mol. The van der Waals surface area contributed by atoms with Crippen molar-refractivity contribution in [3.8, 4) is 0 Å². The van der Waals surface area contributed by atoms with E-state index in [1.807, 2.05) is 36.4 Å². The summed E-state index contributed by atoms with van der Waals surface area (Å²) >= 11 is 6.89. The van der Waals surface area contributed by atoms with Crippen LogP contribution in [0.15, 0.2) is 56.2 Å². The molecule has 0 aliphatic heterocycles. The summed E-state index contributed by atoms with van der Waals surface area (Å²) in [5, 5.41) is 9.59. The number of benzene rings is 2. The van der Waals surface area contributed by atoms with Gasteiger partial charge < -0.3 is 5.11 Å². The minimum absolute atomic E-state index is 0.451. The van der Waals surface area contributed by atoms with Gasteiger partial charge in [-0.3, -0.25) is 0 Å². The highest BCUT2D eigenvalue weighted by Crippen LogP contribution is 2.38. The topological polar surface area (TPSA) is 33.1 Å². The number of rotatable bonds is 3. The zero-order valence-electron chi connectivity index (χ0n) is 10.7. The molecule has 1 heterocycles. The molecule has 0 saturated heterocycles. The Balaban J connectivity index is 1.90. The van der Waals surface area contributed by atoms with Crippen LogP contribution in [-0.4, -0.2) is 10.1 Å². The van der Waals surface area contributed by atoms with E-state index in [1.165, 1.54) is 4.70 Å². The molecule has 2 aromatic carbocycles. The van der Waals surface area contributed by atoms with Gasteiger partial charge >= 0.3 is 0 Å². The summed E-state index contributed by atoms with van der Waals surface area (Å²) in [4.78, 5) is 5.72. The van der Waals surface area contributed by atoms with Crippen molar-refractivity contribution < 1.29 is 5.11 Å². The van der Waals surface area contributed by atoms with Gasteiger partial charge in [0.2, 0.25) is 0 Å². The fraction of sp³-hybridized carbons (Fsp3) is 0.133. The second kappa shape index (κ2) is 5.85. The first kappa shape index (κ1) is 14.1. The third-order valence-electron chi connectivity index (χ3n) is 2.91. The minimum Gasteiger partial charge on any atom is -0.389 e. The molecule has 0 amide bonds. The average molecular weight is 366 g/mol. The van der Waals surface area contributed by atoms with Crippen molar-refractivity contribution in [2.45, 2.75) is 22.3 Å². The first-order valence-corrected chi connectivity index (χ1v) is 8.57. The SMILES string of the molecule is C[C@H](O)c1ccc(Sc2nc3ccccc3s2)c(Br)c1. The van der Waals surface area contributed by atoms with E-state index >= 15 is 0 Å². The summed E-state index contributed by atoms with van der Waals surface area (Å²) in [6.45, 7) is 1.77. The number of halogens is 1. The third kappa shape index (κ3) is 2.91. The molecule has 0 radical (unpaired) electrons. The van der Waals surface area contributed by atoms with Gasteiger partial charge in [0.25, 0.3) is 0 Å². The molecule has 1 atom stereocenters. The number of thiazole rings is 1. The number of para-hydroxylation sites is 1. The van der Waals surface area contributed by atoms with Crippen molar-refractivity contribution in [2.24, 2.45) is 0 Å². The molecule has 5 heteroatoms. The zero-order chi connectivity index (χ0) is 14.1. The molecule has 0 bridgehead atoms. The van der Waals surface area contributed by atoms with Crippen molar-refractivity contribution in [3.63, 3.8) is 0 Å². The molecular formula is C15H12BrNOS2. The molecule has 20 heavy (non-hydrogen) atoms. The summed E-state index contributed by atoms with van der Waals surface area (Å²) < 4.78 is 3.21. The van der Waals surface area contributed by atoms with Crippen LogP contribution < -0.4 is 0 Å².